The van der Waals surface area contributed by atoms with E-state index < -0.39 is 11.6 Å². The van der Waals surface area contributed by atoms with Gasteiger partial charge in [-0.1, -0.05) is 0 Å². The van der Waals surface area contributed by atoms with Gasteiger partial charge in [-0.25, -0.2) is 9.18 Å². The molecule has 1 aromatic carbocycles. The lowest BCUT2D eigenvalue weighted by molar-refractivity contribution is -0.136. The van der Waals surface area contributed by atoms with Gasteiger partial charge in [0.15, 0.2) is 0 Å². The molecule has 2 rings (SSSR count). The summed E-state index contributed by atoms with van der Waals surface area (Å²) in [5.41, 5.74) is -1.10. The van der Waals surface area contributed by atoms with Gasteiger partial charge in [-0.3, -0.25) is 4.79 Å². The molecular weight excluding hydrogens is 331 g/mol. The number of halogens is 1. The maximum Gasteiger partial charge on any atom is 0.317 e. The molecule has 7 nitrogen and oxygen atoms in total. The molecule has 1 aromatic rings. The molecule has 1 fully saturated rings. The number of nitrogens with zero attached hydrogens (tertiary/aromatic N) is 1. The number of carbonyl (C=O) groups excluding carboxylic acids is 1. The van der Waals surface area contributed by atoms with Crippen molar-refractivity contribution < 1.29 is 28.6 Å². The molecule has 0 atom stereocenters. The van der Waals surface area contributed by atoms with E-state index >= 15 is 4.39 Å². The van der Waals surface area contributed by atoms with E-state index in [2.05, 4.69) is 5.32 Å². The van der Waals surface area contributed by atoms with Crippen molar-refractivity contribution in [3.05, 3.63) is 23.8 Å². The van der Waals surface area contributed by atoms with Crippen molar-refractivity contribution in [2.24, 2.45) is 0 Å². The predicted molar refractivity (Wildman–Crippen MR) is 88.8 cm³/mol. The van der Waals surface area contributed by atoms with Gasteiger partial charge in [0.05, 0.1) is 20.6 Å². The van der Waals surface area contributed by atoms with Crippen molar-refractivity contribution in [1.29, 1.82) is 0 Å². The van der Waals surface area contributed by atoms with Crippen LogP contribution in [0.5, 0.6) is 11.5 Å². The zero-order valence-corrected chi connectivity index (χ0v) is 14.4. The molecule has 25 heavy (non-hydrogen) atoms. The highest BCUT2D eigenvalue weighted by Gasteiger charge is 2.38. The Labute approximate surface area is 145 Å². The van der Waals surface area contributed by atoms with Crippen molar-refractivity contribution >= 4 is 12.0 Å². The zero-order chi connectivity index (χ0) is 18.4. The number of hydrogen-bond donors (Lipinski definition) is 2. The van der Waals surface area contributed by atoms with E-state index in [1.165, 1.54) is 19.1 Å². The third-order valence-electron chi connectivity index (χ3n) is 4.33. The molecule has 1 heterocycles. The molecule has 138 valence electrons. The van der Waals surface area contributed by atoms with E-state index in [4.69, 9.17) is 14.6 Å². The minimum atomic E-state index is -1.57. The molecule has 8 heteroatoms. The van der Waals surface area contributed by atoms with E-state index in [0.29, 0.717) is 17.1 Å². The summed E-state index contributed by atoms with van der Waals surface area (Å²) in [6, 6.07) is 4.60. The number of alkyl halides is 1. The molecule has 1 aliphatic heterocycles. The SMILES string of the molecule is COc1cc(OC)cc(C2(F)CCN(C(=O)NCCC(=O)O)CC2)c1. The van der Waals surface area contributed by atoms with E-state index in [-0.39, 0.29) is 44.9 Å². The molecule has 0 bridgehead atoms. The Hall–Kier alpha value is -2.51. The molecule has 1 saturated heterocycles. The van der Waals surface area contributed by atoms with Gasteiger partial charge in [0, 0.05) is 38.5 Å². The van der Waals surface area contributed by atoms with Crippen LogP contribution in [-0.4, -0.2) is 55.9 Å². The Morgan fingerprint density at radius 1 is 1.20 bits per heavy atom. The smallest absolute Gasteiger partial charge is 0.317 e. The van der Waals surface area contributed by atoms with Gasteiger partial charge in [0.1, 0.15) is 17.2 Å². The zero-order valence-electron chi connectivity index (χ0n) is 14.4. The van der Waals surface area contributed by atoms with Gasteiger partial charge in [-0.05, 0) is 17.7 Å². The number of benzene rings is 1. The fourth-order valence-corrected chi connectivity index (χ4v) is 2.81. The number of ether oxygens (including phenoxy) is 2. The summed E-state index contributed by atoms with van der Waals surface area (Å²) in [6.45, 7) is 0.544. The summed E-state index contributed by atoms with van der Waals surface area (Å²) >= 11 is 0. The van der Waals surface area contributed by atoms with Crippen molar-refractivity contribution in [2.75, 3.05) is 33.9 Å². The van der Waals surface area contributed by atoms with Gasteiger partial charge in [-0.15, -0.1) is 0 Å². The number of rotatable bonds is 6. The number of piperidine rings is 1. The van der Waals surface area contributed by atoms with Crippen LogP contribution in [-0.2, 0) is 10.5 Å². The maximum absolute atomic E-state index is 15.4. The Bertz CT molecular complexity index is 607. The number of likely N-dealkylation sites (tertiary alicyclic amines) is 1. The molecule has 2 N–H and O–H groups in total. The van der Waals surface area contributed by atoms with Crippen LogP contribution in [0.4, 0.5) is 9.18 Å². The van der Waals surface area contributed by atoms with Crippen molar-refractivity contribution in [2.45, 2.75) is 24.9 Å². The molecule has 1 aliphatic rings. The number of aliphatic carboxylic acids is 1. The van der Waals surface area contributed by atoms with E-state index in [1.54, 1.807) is 18.2 Å². The molecule has 0 spiro atoms. The number of carboxylic acid groups (broad SMARTS) is 1. The normalized spacial score (nSPS) is 16.2. The second-order valence-corrected chi connectivity index (χ2v) is 5.93. The molecule has 0 unspecified atom stereocenters. The van der Waals surface area contributed by atoms with Gasteiger partial charge in [0.2, 0.25) is 0 Å². The van der Waals surface area contributed by atoms with Gasteiger partial charge < -0.3 is 24.8 Å². The Kier molecular flexibility index (Phi) is 6.06. The topological polar surface area (TPSA) is 88.1 Å². The lowest BCUT2D eigenvalue weighted by atomic mass is 9.86. The third-order valence-corrected chi connectivity index (χ3v) is 4.33. The Morgan fingerprint density at radius 3 is 2.24 bits per heavy atom. The van der Waals surface area contributed by atoms with Crippen LogP contribution in [0.15, 0.2) is 18.2 Å². The first-order chi connectivity index (χ1) is 11.9. The highest BCUT2D eigenvalue weighted by Crippen LogP contribution is 2.40. The highest BCUT2D eigenvalue weighted by molar-refractivity contribution is 5.75. The lowest BCUT2D eigenvalue weighted by Crippen LogP contribution is -2.47. The first-order valence-electron chi connectivity index (χ1n) is 8.05. The number of nitrogens with one attached hydrogen (secondary N) is 1. The monoisotopic (exact) mass is 354 g/mol. The third kappa shape index (κ3) is 4.74. The Morgan fingerprint density at radius 2 is 1.76 bits per heavy atom. The van der Waals surface area contributed by atoms with E-state index in [9.17, 15) is 9.59 Å². The number of carboxylic acids is 1. The predicted octanol–water partition coefficient (Wildman–Crippen LogP) is 2.15. The summed E-state index contributed by atoms with van der Waals surface area (Å²) in [5.74, 6) is 0.0501. The number of hydrogen-bond acceptors (Lipinski definition) is 4. The van der Waals surface area contributed by atoms with Gasteiger partial charge >= 0.3 is 12.0 Å². The molecule has 2 amide bonds. The number of urea groups is 1. The van der Waals surface area contributed by atoms with Crippen LogP contribution in [0.1, 0.15) is 24.8 Å². The molecular formula is C17H23FN2O5. The van der Waals surface area contributed by atoms with Crippen LogP contribution in [0.25, 0.3) is 0 Å². The van der Waals surface area contributed by atoms with Crippen LogP contribution >= 0.6 is 0 Å². The minimum absolute atomic E-state index is 0.0541. The number of amides is 2. The van der Waals surface area contributed by atoms with Crippen LogP contribution in [0, 0.1) is 0 Å². The first kappa shape index (κ1) is 18.8. The number of carbonyl (C=O) groups is 2. The van der Waals surface area contributed by atoms with Crippen molar-refractivity contribution in [1.82, 2.24) is 10.2 Å². The van der Waals surface area contributed by atoms with E-state index in [1.807, 2.05) is 0 Å². The van der Waals surface area contributed by atoms with E-state index in [0.717, 1.165) is 0 Å². The standard InChI is InChI=1S/C17H23FN2O5/c1-24-13-9-12(10-14(11-13)25-2)17(18)4-7-20(8-5-17)16(23)19-6-3-15(21)22/h9-11H,3-8H2,1-2H3,(H,19,23)(H,21,22). The van der Waals surface area contributed by atoms with Crippen LogP contribution in [0.2, 0.25) is 0 Å². The minimum Gasteiger partial charge on any atom is -0.497 e. The summed E-state index contributed by atoms with van der Waals surface area (Å²) in [7, 11) is 3.01. The summed E-state index contributed by atoms with van der Waals surface area (Å²) in [6.07, 6.45) is 0.154. The average Bonchev–Trinajstić information content (AvgIpc) is 2.61. The fraction of sp³-hybridized carbons (Fsp3) is 0.529. The Balaban J connectivity index is 2.00. The lowest BCUT2D eigenvalue weighted by Gasteiger charge is -2.36. The second kappa shape index (κ2) is 8.04. The molecule has 0 aromatic heterocycles. The molecule has 0 radical (unpaired) electrons. The van der Waals surface area contributed by atoms with Crippen LogP contribution < -0.4 is 14.8 Å². The quantitative estimate of drug-likeness (QED) is 0.817. The molecule has 0 aliphatic carbocycles. The van der Waals surface area contributed by atoms with Crippen molar-refractivity contribution in [3.63, 3.8) is 0 Å². The first-order valence-corrected chi connectivity index (χ1v) is 8.05. The summed E-state index contributed by atoms with van der Waals surface area (Å²) < 4.78 is 25.8. The summed E-state index contributed by atoms with van der Waals surface area (Å²) in [4.78, 5) is 24.0. The fourth-order valence-electron chi connectivity index (χ4n) is 2.81. The van der Waals surface area contributed by atoms with Crippen LogP contribution in [0.3, 0.4) is 0 Å². The second-order valence-electron chi connectivity index (χ2n) is 5.93. The summed E-state index contributed by atoms with van der Waals surface area (Å²) in [5, 5.41) is 11.1. The molecule has 0 saturated carbocycles. The average molecular weight is 354 g/mol. The van der Waals surface area contributed by atoms with Gasteiger partial charge in [-0.2, -0.15) is 0 Å². The maximum atomic E-state index is 15.4. The highest BCUT2D eigenvalue weighted by atomic mass is 19.1. The van der Waals surface area contributed by atoms with Crippen molar-refractivity contribution in [3.8, 4) is 11.5 Å². The van der Waals surface area contributed by atoms with Gasteiger partial charge in [0.25, 0.3) is 0 Å². The number of methoxy groups -OCH3 is 2. The largest absolute Gasteiger partial charge is 0.497 e.